The first-order chi connectivity index (χ1) is 9.76. The van der Waals surface area contributed by atoms with Gasteiger partial charge in [-0.3, -0.25) is 9.59 Å². The van der Waals surface area contributed by atoms with Crippen molar-refractivity contribution in [2.45, 2.75) is 18.7 Å². The number of rotatable bonds is 7. The largest absolute Gasteiger partial charge is 0.369 e. The third-order valence-corrected chi connectivity index (χ3v) is 4.15. The Kier molecular flexibility index (Phi) is 6.23. The van der Waals surface area contributed by atoms with Crippen molar-refractivity contribution in [3.05, 3.63) is 29.8 Å². The predicted molar refractivity (Wildman–Crippen MR) is 86.2 cm³/mol. The van der Waals surface area contributed by atoms with E-state index in [-0.39, 0.29) is 17.1 Å². The second-order valence-corrected chi connectivity index (χ2v) is 6.80. The maximum Gasteiger partial charge on any atom is 0.254 e. The van der Waals surface area contributed by atoms with Crippen LogP contribution in [0.15, 0.2) is 29.2 Å². The molecule has 1 aromatic rings. The van der Waals surface area contributed by atoms with E-state index in [2.05, 4.69) is 0 Å². The van der Waals surface area contributed by atoms with E-state index in [1.807, 2.05) is 32.0 Å². The van der Waals surface area contributed by atoms with Crippen molar-refractivity contribution in [3.63, 3.8) is 0 Å². The Morgan fingerprint density at radius 3 is 2.48 bits per heavy atom. The second-order valence-electron chi connectivity index (χ2n) is 5.78. The minimum Gasteiger partial charge on any atom is -0.369 e. The summed E-state index contributed by atoms with van der Waals surface area (Å²) in [6.07, 6.45) is 0. The molecule has 0 bridgehead atoms. The average molecular weight is 309 g/mol. The van der Waals surface area contributed by atoms with Crippen molar-refractivity contribution >= 4 is 23.6 Å². The van der Waals surface area contributed by atoms with Crippen LogP contribution in [0.2, 0.25) is 0 Å². The topological polar surface area (TPSA) is 89.4 Å². The Morgan fingerprint density at radius 2 is 1.90 bits per heavy atom. The minimum absolute atomic E-state index is 0.0795. The standard InChI is InChI=1S/C15H23N3O2S/c1-15(2,9-16)10-18(3)14(20)11-6-4-5-7-12(11)21-8-13(17)19/h4-7H,8-10,16H2,1-3H3,(H2,17,19). The van der Waals surface area contributed by atoms with Gasteiger partial charge in [0.1, 0.15) is 0 Å². The maximum atomic E-state index is 12.6. The summed E-state index contributed by atoms with van der Waals surface area (Å²) < 4.78 is 0. The molecule has 0 heterocycles. The van der Waals surface area contributed by atoms with E-state index in [0.717, 1.165) is 4.90 Å². The number of nitrogens with two attached hydrogens (primary N) is 2. The van der Waals surface area contributed by atoms with Crippen LogP contribution in [-0.4, -0.2) is 42.6 Å². The summed E-state index contributed by atoms with van der Waals surface area (Å²) in [5.74, 6) is -0.327. The van der Waals surface area contributed by atoms with Crippen LogP contribution in [0, 0.1) is 5.41 Å². The molecule has 6 heteroatoms. The van der Waals surface area contributed by atoms with Gasteiger partial charge in [0, 0.05) is 18.5 Å². The summed E-state index contributed by atoms with van der Waals surface area (Å²) in [4.78, 5) is 25.9. The van der Waals surface area contributed by atoms with Gasteiger partial charge in [-0.25, -0.2) is 0 Å². The fourth-order valence-electron chi connectivity index (χ4n) is 1.90. The third-order valence-electron chi connectivity index (χ3n) is 3.05. The van der Waals surface area contributed by atoms with Crippen molar-refractivity contribution in [2.75, 3.05) is 25.9 Å². The molecule has 5 nitrogen and oxygen atoms in total. The second kappa shape index (κ2) is 7.47. The highest BCUT2D eigenvalue weighted by atomic mass is 32.2. The lowest BCUT2D eigenvalue weighted by Gasteiger charge is -2.29. The molecule has 2 amide bonds. The molecule has 4 N–H and O–H groups in total. The number of nitrogens with zero attached hydrogens (tertiary/aromatic N) is 1. The minimum atomic E-state index is -0.403. The van der Waals surface area contributed by atoms with Gasteiger partial charge in [0.2, 0.25) is 5.91 Å². The van der Waals surface area contributed by atoms with Crippen molar-refractivity contribution in [1.29, 1.82) is 0 Å². The molecule has 0 saturated heterocycles. The molecule has 0 unspecified atom stereocenters. The number of carbonyl (C=O) groups is 2. The number of amides is 2. The number of thioether (sulfide) groups is 1. The molecular weight excluding hydrogens is 286 g/mol. The Morgan fingerprint density at radius 1 is 1.29 bits per heavy atom. The highest BCUT2D eigenvalue weighted by molar-refractivity contribution is 8.00. The zero-order valence-corrected chi connectivity index (χ0v) is 13.6. The molecule has 0 atom stereocenters. The van der Waals surface area contributed by atoms with E-state index < -0.39 is 5.91 Å². The van der Waals surface area contributed by atoms with Crippen molar-refractivity contribution in [3.8, 4) is 0 Å². The summed E-state index contributed by atoms with van der Waals surface area (Å²) in [6, 6.07) is 7.23. The molecular formula is C15H23N3O2S. The van der Waals surface area contributed by atoms with E-state index in [1.165, 1.54) is 11.8 Å². The lowest BCUT2D eigenvalue weighted by molar-refractivity contribution is -0.115. The summed E-state index contributed by atoms with van der Waals surface area (Å²) >= 11 is 1.28. The molecule has 21 heavy (non-hydrogen) atoms. The number of primary amides is 1. The van der Waals surface area contributed by atoms with Gasteiger partial charge in [0.05, 0.1) is 11.3 Å². The first kappa shape index (κ1) is 17.5. The molecule has 0 spiro atoms. The van der Waals surface area contributed by atoms with Crippen molar-refractivity contribution in [1.82, 2.24) is 4.90 Å². The lowest BCUT2D eigenvalue weighted by Crippen LogP contribution is -2.39. The lowest BCUT2D eigenvalue weighted by atomic mass is 9.93. The van der Waals surface area contributed by atoms with Crippen LogP contribution in [0.3, 0.4) is 0 Å². The van der Waals surface area contributed by atoms with Gasteiger partial charge >= 0.3 is 0 Å². The van der Waals surface area contributed by atoms with Gasteiger partial charge in [-0.2, -0.15) is 0 Å². The fourth-order valence-corrected chi connectivity index (χ4v) is 2.69. The van der Waals surface area contributed by atoms with Gasteiger partial charge in [0.15, 0.2) is 0 Å². The Hall–Kier alpha value is -1.53. The van der Waals surface area contributed by atoms with Crippen LogP contribution >= 0.6 is 11.8 Å². The highest BCUT2D eigenvalue weighted by Crippen LogP contribution is 2.24. The third kappa shape index (κ3) is 5.40. The quantitative estimate of drug-likeness (QED) is 0.743. The van der Waals surface area contributed by atoms with Crippen molar-refractivity contribution < 1.29 is 9.59 Å². The Balaban J connectivity index is 2.89. The Bertz CT molecular complexity index is 517. The molecule has 116 valence electrons. The predicted octanol–water partition coefficient (Wildman–Crippen LogP) is 1.32. The van der Waals surface area contributed by atoms with E-state index in [4.69, 9.17) is 11.5 Å². The van der Waals surface area contributed by atoms with Crippen LogP contribution < -0.4 is 11.5 Å². The van der Waals surface area contributed by atoms with Crippen LogP contribution in [0.25, 0.3) is 0 Å². The van der Waals surface area contributed by atoms with Gasteiger partial charge in [-0.15, -0.1) is 11.8 Å². The molecule has 0 radical (unpaired) electrons. The zero-order chi connectivity index (χ0) is 16.0. The molecule has 0 aliphatic carbocycles. The number of benzene rings is 1. The van der Waals surface area contributed by atoms with Gasteiger partial charge in [-0.1, -0.05) is 26.0 Å². The molecule has 0 fully saturated rings. The molecule has 0 aromatic heterocycles. The Labute approximate surface area is 130 Å². The first-order valence-corrected chi connectivity index (χ1v) is 7.71. The number of carbonyl (C=O) groups excluding carboxylic acids is 2. The normalized spacial score (nSPS) is 11.2. The summed E-state index contributed by atoms with van der Waals surface area (Å²) in [7, 11) is 1.76. The number of hydrogen-bond donors (Lipinski definition) is 2. The van der Waals surface area contributed by atoms with Crippen LogP contribution in [-0.2, 0) is 4.79 Å². The van der Waals surface area contributed by atoms with Crippen LogP contribution in [0.4, 0.5) is 0 Å². The summed E-state index contributed by atoms with van der Waals surface area (Å²) in [5, 5.41) is 0. The van der Waals surface area contributed by atoms with E-state index in [0.29, 0.717) is 18.7 Å². The smallest absolute Gasteiger partial charge is 0.254 e. The van der Waals surface area contributed by atoms with Gasteiger partial charge in [-0.05, 0) is 24.1 Å². The van der Waals surface area contributed by atoms with Crippen LogP contribution in [0.1, 0.15) is 24.2 Å². The van der Waals surface area contributed by atoms with E-state index in [9.17, 15) is 9.59 Å². The molecule has 0 aliphatic rings. The van der Waals surface area contributed by atoms with E-state index >= 15 is 0 Å². The summed E-state index contributed by atoms with van der Waals surface area (Å²) in [6.45, 7) is 5.11. The van der Waals surface area contributed by atoms with Gasteiger partial charge in [0.25, 0.3) is 5.91 Å². The van der Waals surface area contributed by atoms with Crippen molar-refractivity contribution in [2.24, 2.45) is 16.9 Å². The van der Waals surface area contributed by atoms with E-state index in [1.54, 1.807) is 18.0 Å². The van der Waals surface area contributed by atoms with Gasteiger partial charge < -0.3 is 16.4 Å². The fraction of sp³-hybridized carbons (Fsp3) is 0.467. The summed E-state index contributed by atoms with van der Waals surface area (Å²) in [5.41, 5.74) is 11.3. The zero-order valence-electron chi connectivity index (χ0n) is 12.8. The molecule has 0 aliphatic heterocycles. The molecule has 1 rings (SSSR count). The first-order valence-electron chi connectivity index (χ1n) is 6.72. The molecule has 1 aromatic carbocycles. The number of hydrogen-bond acceptors (Lipinski definition) is 4. The monoisotopic (exact) mass is 309 g/mol. The SMILES string of the molecule is CN(CC(C)(C)CN)C(=O)c1ccccc1SCC(N)=O. The average Bonchev–Trinajstić information content (AvgIpc) is 2.44. The molecule has 0 saturated carbocycles. The van der Waals surface area contributed by atoms with Crippen LogP contribution in [0.5, 0.6) is 0 Å². The maximum absolute atomic E-state index is 12.6. The highest BCUT2D eigenvalue weighted by Gasteiger charge is 2.23.